The van der Waals surface area contributed by atoms with Crippen LogP contribution in [0.1, 0.15) is 49.0 Å². The molecule has 1 aliphatic rings. The van der Waals surface area contributed by atoms with E-state index in [0.29, 0.717) is 0 Å². The van der Waals surface area contributed by atoms with E-state index < -0.39 is 11.6 Å². The monoisotopic (exact) mass is 346 g/mol. The predicted octanol–water partition coefficient (Wildman–Crippen LogP) is 3.95. The highest BCUT2D eigenvalue weighted by Gasteiger charge is 2.17. The Morgan fingerprint density at radius 1 is 1.04 bits per heavy atom. The van der Waals surface area contributed by atoms with Crippen LogP contribution in [0.4, 0.5) is 20.3 Å². The van der Waals surface area contributed by atoms with E-state index in [4.69, 9.17) is 0 Å². The van der Waals surface area contributed by atoms with Crippen LogP contribution in [-0.2, 0) is 0 Å². The van der Waals surface area contributed by atoms with Crippen molar-refractivity contribution in [1.82, 2.24) is 15.3 Å². The highest BCUT2D eigenvalue weighted by atomic mass is 19.1. The highest BCUT2D eigenvalue weighted by molar-refractivity contribution is 5.93. The lowest BCUT2D eigenvalue weighted by Crippen LogP contribution is -2.34. The van der Waals surface area contributed by atoms with E-state index in [1.165, 1.54) is 31.3 Å². The van der Waals surface area contributed by atoms with Crippen molar-refractivity contribution in [2.75, 3.05) is 5.32 Å². The lowest BCUT2D eigenvalue weighted by atomic mass is 10.1. The number of benzene rings is 1. The molecule has 0 aliphatic heterocycles. The number of carbonyl (C=O) groups is 1. The van der Waals surface area contributed by atoms with Crippen molar-refractivity contribution in [3.8, 4) is 0 Å². The van der Waals surface area contributed by atoms with Gasteiger partial charge >= 0.3 is 0 Å². The van der Waals surface area contributed by atoms with Gasteiger partial charge in [0, 0.05) is 18.2 Å². The zero-order valence-corrected chi connectivity index (χ0v) is 13.8. The molecule has 2 N–H and O–H groups in total. The van der Waals surface area contributed by atoms with Gasteiger partial charge in [0.2, 0.25) is 0 Å². The van der Waals surface area contributed by atoms with Crippen molar-refractivity contribution < 1.29 is 13.6 Å². The number of hydrogen-bond acceptors (Lipinski definition) is 4. The molecule has 0 unspecified atom stereocenters. The Kier molecular flexibility index (Phi) is 5.53. The molecular formula is C18H20F2N4O. The number of halogens is 2. The maximum absolute atomic E-state index is 13.7. The third kappa shape index (κ3) is 4.71. The molecule has 132 valence electrons. The second-order valence-electron chi connectivity index (χ2n) is 6.20. The number of rotatable bonds is 4. The van der Waals surface area contributed by atoms with Crippen LogP contribution < -0.4 is 10.6 Å². The lowest BCUT2D eigenvalue weighted by Gasteiger charge is -2.16. The fourth-order valence-corrected chi connectivity index (χ4v) is 2.96. The molecule has 1 saturated carbocycles. The molecule has 0 saturated heterocycles. The van der Waals surface area contributed by atoms with E-state index in [0.717, 1.165) is 37.8 Å². The van der Waals surface area contributed by atoms with Crippen LogP contribution in [0.5, 0.6) is 0 Å². The van der Waals surface area contributed by atoms with Gasteiger partial charge in [-0.3, -0.25) is 4.79 Å². The first kappa shape index (κ1) is 17.3. The molecule has 5 nitrogen and oxygen atoms in total. The van der Waals surface area contributed by atoms with E-state index in [2.05, 4.69) is 20.6 Å². The summed E-state index contributed by atoms with van der Waals surface area (Å²) in [5, 5.41) is 5.74. The molecule has 0 spiro atoms. The Hall–Kier alpha value is -2.57. The van der Waals surface area contributed by atoms with Crippen molar-refractivity contribution in [3.05, 3.63) is 47.9 Å². The summed E-state index contributed by atoms with van der Waals surface area (Å²) in [5.74, 6) is -1.39. The average Bonchev–Trinajstić information content (AvgIpc) is 2.86. The summed E-state index contributed by atoms with van der Waals surface area (Å²) in [6.07, 6.45) is 7.84. The maximum atomic E-state index is 13.7. The SMILES string of the molecule is O=C(NC1CCCCCC1)c1cc(Nc2ccc(F)cc2F)ncn1. The van der Waals surface area contributed by atoms with Crippen LogP contribution >= 0.6 is 0 Å². The Balaban J connectivity index is 1.68. The molecule has 0 radical (unpaired) electrons. The van der Waals surface area contributed by atoms with Gasteiger partial charge in [0.1, 0.15) is 29.5 Å². The van der Waals surface area contributed by atoms with Crippen molar-refractivity contribution in [3.63, 3.8) is 0 Å². The number of nitrogens with zero attached hydrogens (tertiary/aromatic N) is 2. The molecule has 1 heterocycles. The molecule has 1 fully saturated rings. The molecule has 7 heteroatoms. The van der Waals surface area contributed by atoms with E-state index in [1.54, 1.807) is 0 Å². The maximum Gasteiger partial charge on any atom is 0.270 e. The molecule has 1 aromatic carbocycles. The smallest absolute Gasteiger partial charge is 0.270 e. The zero-order chi connectivity index (χ0) is 17.6. The van der Waals surface area contributed by atoms with Gasteiger partial charge in [0.25, 0.3) is 5.91 Å². The van der Waals surface area contributed by atoms with Crippen LogP contribution in [0, 0.1) is 11.6 Å². The van der Waals surface area contributed by atoms with Gasteiger partial charge in [0.15, 0.2) is 0 Å². The summed E-state index contributed by atoms with van der Waals surface area (Å²) in [4.78, 5) is 20.4. The van der Waals surface area contributed by atoms with E-state index in [-0.39, 0.29) is 29.1 Å². The molecule has 0 bridgehead atoms. The van der Waals surface area contributed by atoms with E-state index in [9.17, 15) is 13.6 Å². The minimum atomic E-state index is -0.733. The van der Waals surface area contributed by atoms with Crippen molar-refractivity contribution in [2.24, 2.45) is 0 Å². The third-order valence-corrected chi connectivity index (χ3v) is 4.28. The van der Waals surface area contributed by atoms with E-state index >= 15 is 0 Å². The first-order valence-electron chi connectivity index (χ1n) is 8.47. The van der Waals surface area contributed by atoms with Crippen molar-refractivity contribution >= 4 is 17.4 Å². The Bertz CT molecular complexity index is 746. The number of aromatic nitrogens is 2. The van der Waals surface area contributed by atoms with Crippen LogP contribution in [0.2, 0.25) is 0 Å². The van der Waals surface area contributed by atoms with Gasteiger partial charge in [-0.2, -0.15) is 0 Å². The topological polar surface area (TPSA) is 66.9 Å². The highest BCUT2D eigenvalue weighted by Crippen LogP contribution is 2.20. The van der Waals surface area contributed by atoms with Gasteiger partial charge < -0.3 is 10.6 Å². The Morgan fingerprint density at radius 2 is 1.80 bits per heavy atom. The van der Waals surface area contributed by atoms with Gasteiger partial charge in [-0.1, -0.05) is 25.7 Å². The van der Waals surface area contributed by atoms with Crippen molar-refractivity contribution in [2.45, 2.75) is 44.6 Å². The molecule has 1 aliphatic carbocycles. The fourth-order valence-electron chi connectivity index (χ4n) is 2.96. The Labute approximate surface area is 144 Å². The van der Waals surface area contributed by atoms with Crippen LogP contribution in [-0.4, -0.2) is 21.9 Å². The average molecular weight is 346 g/mol. The summed E-state index contributed by atoms with van der Waals surface area (Å²) in [7, 11) is 0. The quantitative estimate of drug-likeness (QED) is 0.823. The second-order valence-corrected chi connectivity index (χ2v) is 6.20. The first-order chi connectivity index (χ1) is 12.1. The minimum Gasteiger partial charge on any atom is -0.348 e. The molecule has 25 heavy (non-hydrogen) atoms. The lowest BCUT2D eigenvalue weighted by molar-refractivity contribution is 0.0928. The molecule has 1 aromatic heterocycles. The number of anilines is 2. The summed E-state index contributed by atoms with van der Waals surface area (Å²) in [6, 6.07) is 4.82. The van der Waals surface area contributed by atoms with Crippen LogP contribution in [0.25, 0.3) is 0 Å². The molecule has 2 aromatic rings. The van der Waals surface area contributed by atoms with Gasteiger partial charge in [-0.25, -0.2) is 18.7 Å². The second kappa shape index (κ2) is 8.00. The number of amides is 1. The van der Waals surface area contributed by atoms with Gasteiger partial charge in [-0.05, 0) is 25.0 Å². The van der Waals surface area contributed by atoms with Crippen molar-refractivity contribution in [1.29, 1.82) is 0 Å². The summed E-state index contributed by atoms with van der Waals surface area (Å²) in [5.41, 5.74) is 0.291. The van der Waals surface area contributed by atoms with E-state index in [1.807, 2.05) is 0 Å². The molecule has 3 rings (SSSR count). The largest absolute Gasteiger partial charge is 0.348 e. The standard InChI is InChI=1S/C18H20F2N4O/c19-12-7-8-15(14(20)9-12)24-17-10-16(21-11-22-17)18(25)23-13-5-3-1-2-4-6-13/h7-11,13H,1-6H2,(H,23,25)(H,21,22,24). The summed E-state index contributed by atoms with van der Waals surface area (Å²) in [6.45, 7) is 0. The van der Waals surface area contributed by atoms with Gasteiger partial charge in [-0.15, -0.1) is 0 Å². The third-order valence-electron chi connectivity index (χ3n) is 4.28. The van der Waals surface area contributed by atoms with Crippen LogP contribution in [0.3, 0.4) is 0 Å². The molecule has 1 amide bonds. The summed E-state index contributed by atoms with van der Waals surface area (Å²) >= 11 is 0. The Morgan fingerprint density at radius 3 is 2.52 bits per heavy atom. The number of carbonyl (C=O) groups excluding carboxylic acids is 1. The number of hydrogen-bond donors (Lipinski definition) is 2. The fraction of sp³-hybridized carbons (Fsp3) is 0.389. The first-order valence-corrected chi connectivity index (χ1v) is 8.47. The normalized spacial score (nSPS) is 15.4. The number of nitrogens with one attached hydrogen (secondary N) is 2. The van der Waals surface area contributed by atoms with Crippen LogP contribution in [0.15, 0.2) is 30.6 Å². The predicted molar refractivity (Wildman–Crippen MR) is 90.6 cm³/mol. The molecule has 0 atom stereocenters. The summed E-state index contributed by atoms with van der Waals surface area (Å²) < 4.78 is 26.7. The minimum absolute atomic E-state index is 0.0789. The molecular weight excluding hydrogens is 326 g/mol. The van der Waals surface area contributed by atoms with Gasteiger partial charge in [0.05, 0.1) is 5.69 Å². The zero-order valence-electron chi connectivity index (χ0n) is 13.8.